The minimum absolute atomic E-state index is 0.137. The Morgan fingerprint density at radius 3 is 2.89 bits per heavy atom. The number of aryl methyl sites for hydroxylation is 2. The minimum Gasteiger partial charge on any atom is -0.493 e. The van der Waals surface area contributed by atoms with E-state index in [2.05, 4.69) is 19.9 Å². The molecule has 1 aromatic carbocycles. The monoisotopic (exact) mass is 386 g/mol. The van der Waals surface area contributed by atoms with Crippen LogP contribution in [0.2, 0.25) is 0 Å². The molecule has 0 saturated carbocycles. The van der Waals surface area contributed by atoms with Crippen molar-refractivity contribution in [2.75, 3.05) is 13.7 Å². The van der Waals surface area contributed by atoms with Gasteiger partial charge in [0.25, 0.3) is 5.91 Å². The molecule has 0 aliphatic rings. The number of benzene rings is 1. The predicted molar refractivity (Wildman–Crippen MR) is 103 cm³/mol. The number of nitrogens with zero attached hydrogens (tertiary/aromatic N) is 3. The molecule has 1 N–H and O–H groups in total. The maximum absolute atomic E-state index is 12.4. The van der Waals surface area contributed by atoms with Gasteiger partial charge < -0.3 is 19.4 Å². The van der Waals surface area contributed by atoms with Gasteiger partial charge in [0.05, 0.1) is 18.3 Å². The molecule has 0 unspecified atom stereocenters. The highest BCUT2D eigenvalue weighted by Gasteiger charge is 2.11. The first kappa shape index (κ1) is 18.9. The van der Waals surface area contributed by atoms with Crippen LogP contribution in [-0.4, -0.2) is 34.1 Å². The zero-order valence-electron chi connectivity index (χ0n) is 15.3. The van der Waals surface area contributed by atoms with Crippen LogP contribution in [0.3, 0.4) is 0 Å². The molecule has 0 fully saturated rings. The van der Waals surface area contributed by atoms with Gasteiger partial charge in [0.2, 0.25) is 0 Å². The Morgan fingerprint density at radius 2 is 2.19 bits per heavy atom. The second-order valence-electron chi connectivity index (χ2n) is 5.91. The number of nitrogens with one attached hydrogen (secondary N) is 1. The summed E-state index contributed by atoms with van der Waals surface area (Å²) in [5.41, 5.74) is 3.15. The van der Waals surface area contributed by atoms with Crippen LogP contribution in [0, 0.1) is 6.92 Å². The van der Waals surface area contributed by atoms with E-state index in [0.29, 0.717) is 30.2 Å². The number of aromatic nitrogens is 3. The molecule has 1 amide bonds. The average molecular weight is 386 g/mol. The van der Waals surface area contributed by atoms with Crippen molar-refractivity contribution in [2.45, 2.75) is 26.5 Å². The number of amides is 1. The fourth-order valence-electron chi connectivity index (χ4n) is 2.58. The first-order valence-electron chi connectivity index (χ1n) is 8.61. The smallest absolute Gasteiger partial charge is 0.251 e. The summed E-state index contributed by atoms with van der Waals surface area (Å²) in [6.45, 7) is 3.72. The third kappa shape index (κ3) is 5.07. The first-order valence-corrected chi connectivity index (χ1v) is 9.55. The van der Waals surface area contributed by atoms with Crippen molar-refractivity contribution in [2.24, 2.45) is 0 Å². The van der Waals surface area contributed by atoms with Crippen molar-refractivity contribution >= 4 is 17.2 Å². The Hall–Kier alpha value is -2.87. The molecule has 3 aromatic rings. The Balaban J connectivity index is 1.52. The van der Waals surface area contributed by atoms with Crippen LogP contribution in [0.1, 0.15) is 28.3 Å². The van der Waals surface area contributed by atoms with Crippen molar-refractivity contribution < 1.29 is 14.3 Å². The maximum Gasteiger partial charge on any atom is 0.251 e. The lowest BCUT2D eigenvalue weighted by atomic mass is 10.2. The van der Waals surface area contributed by atoms with E-state index in [4.69, 9.17) is 9.47 Å². The van der Waals surface area contributed by atoms with Gasteiger partial charge >= 0.3 is 0 Å². The summed E-state index contributed by atoms with van der Waals surface area (Å²) in [4.78, 5) is 20.7. The van der Waals surface area contributed by atoms with Crippen molar-refractivity contribution in [1.29, 1.82) is 0 Å². The van der Waals surface area contributed by atoms with E-state index in [1.165, 1.54) is 11.3 Å². The molecular weight excluding hydrogens is 364 g/mol. The molecule has 142 valence electrons. The van der Waals surface area contributed by atoms with Crippen LogP contribution in [0.25, 0.3) is 0 Å². The summed E-state index contributed by atoms with van der Waals surface area (Å²) >= 11 is 1.52. The first-order chi connectivity index (χ1) is 13.2. The van der Waals surface area contributed by atoms with Crippen LogP contribution < -0.4 is 14.8 Å². The van der Waals surface area contributed by atoms with Crippen LogP contribution in [0.15, 0.2) is 41.5 Å². The number of hydrogen-bond acceptors (Lipinski definition) is 6. The number of ether oxygens (including phenoxy) is 2. The van der Waals surface area contributed by atoms with Gasteiger partial charge in [-0.3, -0.25) is 4.79 Å². The quantitative estimate of drug-likeness (QED) is 0.572. The fourth-order valence-corrected chi connectivity index (χ4v) is 3.13. The number of thiazole rings is 1. The predicted octanol–water partition coefficient (Wildman–Crippen LogP) is 3.06. The second kappa shape index (κ2) is 9.18. The van der Waals surface area contributed by atoms with Crippen LogP contribution in [0.4, 0.5) is 0 Å². The molecule has 0 atom stereocenters. The fraction of sp³-hybridized carbons (Fsp3) is 0.316. The number of carbonyl (C=O) groups excluding carboxylic acids is 1. The van der Waals surface area contributed by atoms with Gasteiger partial charge in [0.1, 0.15) is 12.4 Å². The summed E-state index contributed by atoms with van der Waals surface area (Å²) in [6.07, 6.45) is 4.54. The standard InChI is InChI=1S/C19H22N4O3S/c1-14-20-7-9-23(14)8-3-6-21-19(24)15-4-5-17(18(10-15)25-2)26-11-16-12-27-13-22-16/h4-5,7,9-10,12-13H,3,6,8,11H2,1-2H3,(H,21,24). The van der Waals surface area contributed by atoms with E-state index in [0.717, 1.165) is 24.5 Å². The highest BCUT2D eigenvalue weighted by atomic mass is 32.1. The van der Waals surface area contributed by atoms with Crippen molar-refractivity contribution in [1.82, 2.24) is 19.9 Å². The Morgan fingerprint density at radius 1 is 1.30 bits per heavy atom. The number of rotatable bonds is 9. The minimum atomic E-state index is -0.137. The topological polar surface area (TPSA) is 78.3 Å². The van der Waals surface area contributed by atoms with Crippen molar-refractivity contribution in [3.05, 3.63) is 58.6 Å². The van der Waals surface area contributed by atoms with E-state index in [1.807, 2.05) is 18.5 Å². The van der Waals surface area contributed by atoms with Gasteiger partial charge in [0, 0.05) is 36.4 Å². The van der Waals surface area contributed by atoms with Crippen LogP contribution >= 0.6 is 11.3 Å². The van der Waals surface area contributed by atoms with E-state index in [1.54, 1.807) is 37.0 Å². The Bertz CT molecular complexity index is 877. The summed E-state index contributed by atoms with van der Waals surface area (Å²) in [7, 11) is 1.56. The molecule has 2 heterocycles. The lowest BCUT2D eigenvalue weighted by Crippen LogP contribution is -2.25. The van der Waals surface area contributed by atoms with E-state index in [-0.39, 0.29) is 5.91 Å². The number of carbonyl (C=O) groups is 1. The van der Waals surface area contributed by atoms with Crippen LogP contribution in [-0.2, 0) is 13.2 Å². The molecule has 0 saturated heterocycles. The number of methoxy groups -OCH3 is 1. The highest BCUT2D eigenvalue weighted by Crippen LogP contribution is 2.28. The molecule has 0 spiro atoms. The molecule has 2 aromatic heterocycles. The molecule has 0 aliphatic carbocycles. The van der Waals surface area contributed by atoms with Crippen LogP contribution in [0.5, 0.6) is 11.5 Å². The highest BCUT2D eigenvalue weighted by molar-refractivity contribution is 7.07. The number of imidazole rings is 1. The second-order valence-corrected chi connectivity index (χ2v) is 6.63. The molecule has 8 heteroatoms. The maximum atomic E-state index is 12.4. The molecule has 0 radical (unpaired) electrons. The zero-order valence-corrected chi connectivity index (χ0v) is 16.2. The van der Waals surface area contributed by atoms with Crippen molar-refractivity contribution in [3.8, 4) is 11.5 Å². The van der Waals surface area contributed by atoms with Gasteiger partial charge in [-0.1, -0.05) is 0 Å². The van der Waals surface area contributed by atoms with E-state index < -0.39 is 0 Å². The molecule has 0 bridgehead atoms. The van der Waals surface area contributed by atoms with Gasteiger partial charge in [0.15, 0.2) is 11.5 Å². The molecule has 0 aliphatic heterocycles. The van der Waals surface area contributed by atoms with Gasteiger partial charge in [-0.2, -0.15) is 0 Å². The van der Waals surface area contributed by atoms with Crippen molar-refractivity contribution in [3.63, 3.8) is 0 Å². The van der Waals surface area contributed by atoms with Gasteiger partial charge in [-0.25, -0.2) is 9.97 Å². The third-order valence-corrected chi connectivity index (χ3v) is 4.71. The van der Waals surface area contributed by atoms with E-state index >= 15 is 0 Å². The average Bonchev–Trinajstić information content (AvgIpc) is 3.35. The third-order valence-electron chi connectivity index (χ3n) is 4.07. The van der Waals surface area contributed by atoms with Gasteiger partial charge in [-0.15, -0.1) is 11.3 Å². The summed E-state index contributed by atoms with van der Waals surface area (Å²) in [6, 6.07) is 5.16. The summed E-state index contributed by atoms with van der Waals surface area (Å²) in [5, 5.41) is 4.86. The molecular formula is C19H22N4O3S. The molecule has 3 rings (SSSR count). The normalized spacial score (nSPS) is 10.6. The zero-order chi connectivity index (χ0) is 19.1. The number of hydrogen-bond donors (Lipinski definition) is 1. The summed E-state index contributed by atoms with van der Waals surface area (Å²) in [5.74, 6) is 1.94. The van der Waals surface area contributed by atoms with Gasteiger partial charge in [-0.05, 0) is 31.5 Å². The largest absolute Gasteiger partial charge is 0.493 e. The lowest BCUT2D eigenvalue weighted by Gasteiger charge is -2.12. The molecule has 27 heavy (non-hydrogen) atoms. The Labute approximate surface area is 162 Å². The Kier molecular flexibility index (Phi) is 6.43. The summed E-state index contributed by atoms with van der Waals surface area (Å²) < 4.78 is 13.2. The van der Waals surface area contributed by atoms with E-state index in [9.17, 15) is 4.79 Å². The molecule has 7 nitrogen and oxygen atoms in total. The lowest BCUT2D eigenvalue weighted by molar-refractivity contribution is 0.0952. The SMILES string of the molecule is COc1cc(C(=O)NCCCn2ccnc2C)ccc1OCc1cscn1.